The van der Waals surface area contributed by atoms with Gasteiger partial charge in [0.2, 0.25) is 0 Å². The molecule has 0 aromatic carbocycles. The predicted octanol–water partition coefficient (Wildman–Crippen LogP) is 2.59. The molecule has 110 valence electrons. The molecule has 0 bridgehead atoms. The third-order valence-corrected chi connectivity index (χ3v) is 3.54. The molecular formula is C13H16F3N3S. The first-order valence-electron chi connectivity index (χ1n) is 6.38. The van der Waals surface area contributed by atoms with Crippen LogP contribution < -0.4 is 10.6 Å². The molecule has 2 N–H and O–H groups in total. The van der Waals surface area contributed by atoms with E-state index in [2.05, 4.69) is 4.98 Å². The highest BCUT2D eigenvalue weighted by Crippen LogP contribution is 2.28. The highest BCUT2D eigenvalue weighted by atomic mass is 32.1. The zero-order valence-corrected chi connectivity index (χ0v) is 11.9. The van der Waals surface area contributed by atoms with Crippen LogP contribution in [0.2, 0.25) is 0 Å². The maximum Gasteiger partial charge on any atom is 0.405 e. The quantitative estimate of drug-likeness (QED) is 0.872. The summed E-state index contributed by atoms with van der Waals surface area (Å²) < 4.78 is 37.6. The van der Waals surface area contributed by atoms with Crippen molar-refractivity contribution in [1.29, 1.82) is 0 Å². The van der Waals surface area contributed by atoms with E-state index in [9.17, 15) is 13.2 Å². The molecule has 1 aliphatic carbocycles. The topological polar surface area (TPSA) is 42.2 Å². The van der Waals surface area contributed by atoms with E-state index in [0.717, 1.165) is 41.8 Å². The molecule has 0 saturated carbocycles. The van der Waals surface area contributed by atoms with Crippen molar-refractivity contribution in [2.24, 2.45) is 5.73 Å². The molecule has 0 aliphatic heterocycles. The smallest absolute Gasteiger partial charge is 0.389 e. The maximum absolute atomic E-state index is 12.5. The van der Waals surface area contributed by atoms with Gasteiger partial charge in [-0.25, -0.2) is 4.98 Å². The normalized spacial score (nSPS) is 14.8. The number of aromatic nitrogens is 1. The maximum atomic E-state index is 12.5. The van der Waals surface area contributed by atoms with Crippen molar-refractivity contribution >= 4 is 23.0 Å². The second kappa shape index (κ2) is 5.55. The van der Waals surface area contributed by atoms with Gasteiger partial charge in [0, 0.05) is 12.7 Å². The van der Waals surface area contributed by atoms with Crippen LogP contribution in [-0.2, 0) is 12.8 Å². The van der Waals surface area contributed by atoms with E-state index in [4.69, 9.17) is 18.0 Å². The van der Waals surface area contributed by atoms with Crippen LogP contribution in [-0.4, -0.2) is 29.7 Å². The monoisotopic (exact) mass is 303 g/mol. The first kappa shape index (κ1) is 15.0. The Balaban J connectivity index is 2.42. The molecule has 1 aromatic rings. The van der Waals surface area contributed by atoms with Crippen LogP contribution in [0.5, 0.6) is 0 Å². The van der Waals surface area contributed by atoms with Gasteiger partial charge in [-0.2, -0.15) is 13.2 Å². The molecule has 1 aliphatic rings. The van der Waals surface area contributed by atoms with Gasteiger partial charge in [0.1, 0.15) is 17.4 Å². The first-order chi connectivity index (χ1) is 9.28. The van der Waals surface area contributed by atoms with E-state index in [-0.39, 0.29) is 10.8 Å². The molecule has 0 spiro atoms. The molecule has 1 heterocycles. The Morgan fingerprint density at radius 2 is 2.05 bits per heavy atom. The summed E-state index contributed by atoms with van der Waals surface area (Å²) in [7, 11) is 1.35. The standard InChI is InChI=1S/C13H16F3N3S/c1-19(7-13(14,15)16)12-9(11(17)20)6-8-4-2-3-5-10(8)18-12/h6H,2-5,7H2,1H3,(H2,17,20). The summed E-state index contributed by atoms with van der Waals surface area (Å²) in [4.78, 5) is 5.51. The molecule has 0 saturated heterocycles. The largest absolute Gasteiger partial charge is 0.405 e. The van der Waals surface area contributed by atoms with E-state index in [1.54, 1.807) is 6.07 Å². The second-order valence-corrected chi connectivity index (χ2v) is 5.45. The second-order valence-electron chi connectivity index (χ2n) is 5.01. The Morgan fingerprint density at radius 1 is 1.40 bits per heavy atom. The minimum atomic E-state index is -4.29. The summed E-state index contributed by atoms with van der Waals surface area (Å²) in [6.07, 6.45) is -0.557. The average Bonchev–Trinajstić information content (AvgIpc) is 2.35. The summed E-state index contributed by atoms with van der Waals surface area (Å²) in [6, 6.07) is 1.80. The number of hydrogen-bond donors (Lipinski definition) is 1. The lowest BCUT2D eigenvalue weighted by Crippen LogP contribution is -2.33. The molecule has 0 atom stereocenters. The molecule has 0 radical (unpaired) electrons. The van der Waals surface area contributed by atoms with Crippen molar-refractivity contribution in [3.05, 3.63) is 22.9 Å². The van der Waals surface area contributed by atoms with Crippen LogP contribution in [0.1, 0.15) is 29.7 Å². The number of rotatable bonds is 3. The molecule has 0 unspecified atom stereocenters. The third kappa shape index (κ3) is 3.39. The van der Waals surface area contributed by atoms with E-state index in [1.165, 1.54) is 7.05 Å². The summed E-state index contributed by atoms with van der Waals surface area (Å²) >= 11 is 4.95. The summed E-state index contributed by atoms with van der Waals surface area (Å²) in [5, 5.41) is 0. The molecule has 7 heteroatoms. The number of nitrogens with zero attached hydrogens (tertiary/aromatic N) is 2. The number of nitrogens with two attached hydrogens (primary N) is 1. The Morgan fingerprint density at radius 3 is 2.65 bits per heavy atom. The van der Waals surface area contributed by atoms with Crippen molar-refractivity contribution in [1.82, 2.24) is 4.98 Å². The number of halogens is 3. The van der Waals surface area contributed by atoms with Crippen LogP contribution in [0, 0.1) is 0 Å². The van der Waals surface area contributed by atoms with Gasteiger partial charge in [0.15, 0.2) is 0 Å². The summed E-state index contributed by atoms with van der Waals surface area (Å²) in [5.41, 5.74) is 7.96. The van der Waals surface area contributed by atoms with Crippen LogP contribution in [0.25, 0.3) is 0 Å². The van der Waals surface area contributed by atoms with Crippen molar-refractivity contribution < 1.29 is 13.2 Å². The third-order valence-electron chi connectivity index (χ3n) is 3.32. The highest BCUT2D eigenvalue weighted by molar-refractivity contribution is 7.80. The van der Waals surface area contributed by atoms with Crippen molar-refractivity contribution in [2.75, 3.05) is 18.5 Å². The number of anilines is 1. The van der Waals surface area contributed by atoms with Gasteiger partial charge in [-0.1, -0.05) is 12.2 Å². The molecule has 0 amide bonds. The van der Waals surface area contributed by atoms with E-state index >= 15 is 0 Å². The number of hydrogen-bond acceptors (Lipinski definition) is 3. The first-order valence-corrected chi connectivity index (χ1v) is 6.79. The van der Waals surface area contributed by atoms with Crippen molar-refractivity contribution in [3.63, 3.8) is 0 Å². The van der Waals surface area contributed by atoms with Crippen LogP contribution in [0.3, 0.4) is 0 Å². The van der Waals surface area contributed by atoms with E-state index in [1.807, 2.05) is 0 Å². The van der Waals surface area contributed by atoms with E-state index in [0.29, 0.717) is 5.56 Å². The summed E-state index contributed by atoms with van der Waals surface area (Å²) in [6.45, 7) is -1.08. The number of aryl methyl sites for hydroxylation is 2. The molecule has 3 nitrogen and oxygen atoms in total. The minimum absolute atomic E-state index is 0.0786. The molecule has 1 aromatic heterocycles. The summed E-state index contributed by atoms with van der Waals surface area (Å²) in [5.74, 6) is 0.218. The zero-order valence-electron chi connectivity index (χ0n) is 11.1. The fourth-order valence-corrected chi connectivity index (χ4v) is 2.59. The average molecular weight is 303 g/mol. The van der Waals surface area contributed by atoms with Crippen LogP contribution in [0.4, 0.5) is 19.0 Å². The molecule has 2 rings (SSSR count). The number of fused-ring (bicyclic) bond motifs is 1. The Bertz CT molecular complexity index is 528. The number of alkyl halides is 3. The number of pyridine rings is 1. The van der Waals surface area contributed by atoms with Gasteiger partial charge in [0.25, 0.3) is 0 Å². The zero-order chi connectivity index (χ0) is 14.9. The lowest BCUT2D eigenvalue weighted by Gasteiger charge is -2.25. The highest BCUT2D eigenvalue weighted by Gasteiger charge is 2.31. The molecule has 20 heavy (non-hydrogen) atoms. The number of thiocarbonyl (C=S) groups is 1. The van der Waals surface area contributed by atoms with Crippen LogP contribution >= 0.6 is 12.2 Å². The fourth-order valence-electron chi connectivity index (χ4n) is 2.44. The lowest BCUT2D eigenvalue weighted by atomic mass is 9.94. The Kier molecular flexibility index (Phi) is 4.17. The van der Waals surface area contributed by atoms with Gasteiger partial charge in [-0.3, -0.25) is 0 Å². The molecular weight excluding hydrogens is 287 g/mol. The Labute approximate surface area is 121 Å². The van der Waals surface area contributed by atoms with Crippen molar-refractivity contribution in [3.8, 4) is 0 Å². The predicted molar refractivity (Wildman–Crippen MR) is 76.1 cm³/mol. The van der Waals surface area contributed by atoms with Crippen LogP contribution in [0.15, 0.2) is 6.07 Å². The Hall–Kier alpha value is -1.37. The SMILES string of the molecule is CN(CC(F)(F)F)c1nc2c(cc1C(N)=S)CCCC2. The lowest BCUT2D eigenvalue weighted by molar-refractivity contribution is -0.119. The molecule has 0 fully saturated rings. The van der Waals surface area contributed by atoms with Gasteiger partial charge >= 0.3 is 6.18 Å². The fraction of sp³-hybridized carbons (Fsp3) is 0.538. The van der Waals surface area contributed by atoms with Gasteiger partial charge in [-0.05, 0) is 37.3 Å². The van der Waals surface area contributed by atoms with Crippen molar-refractivity contribution in [2.45, 2.75) is 31.9 Å². The van der Waals surface area contributed by atoms with Gasteiger partial charge in [0.05, 0.1) is 5.56 Å². The van der Waals surface area contributed by atoms with Gasteiger partial charge in [-0.15, -0.1) is 0 Å². The van der Waals surface area contributed by atoms with Gasteiger partial charge < -0.3 is 10.6 Å². The van der Waals surface area contributed by atoms with E-state index < -0.39 is 12.7 Å². The minimum Gasteiger partial charge on any atom is -0.389 e.